The SMILES string of the molecule is CC(C)(C)OC(=O)NCC(NC(=O)OC(C)(C)C)C(=O)NCC(NC(=O)C(CNC(=O)OC(C)(C)C)NC(=O)OC(C)(C)C)C(=O)NCCCCc1cccc(C#C[Si](C)(C)C)c1. The van der Waals surface area contributed by atoms with E-state index >= 15 is 0 Å². The number of hydrogen-bond acceptors (Lipinski definition) is 11. The van der Waals surface area contributed by atoms with Crippen molar-refractivity contribution in [3.63, 3.8) is 0 Å². The highest BCUT2D eigenvalue weighted by Crippen LogP contribution is 2.11. The third-order valence-electron chi connectivity index (χ3n) is 7.53. The summed E-state index contributed by atoms with van der Waals surface area (Å²) in [5.74, 6) is 0.809. The fraction of sp³-hybridized carbons (Fsp3) is 0.659. The van der Waals surface area contributed by atoms with Crippen LogP contribution in [0.15, 0.2) is 24.3 Å². The summed E-state index contributed by atoms with van der Waals surface area (Å²) in [6.45, 7) is 25.0. The number of alkyl carbamates (subject to hydrolysis) is 4. The van der Waals surface area contributed by atoms with E-state index in [-0.39, 0.29) is 6.54 Å². The van der Waals surface area contributed by atoms with Crippen molar-refractivity contribution >= 4 is 50.2 Å². The first kappa shape index (κ1) is 55.5. The van der Waals surface area contributed by atoms with Gasteiger partial charge in [0.25, 0.3) is 0 Å². The van der Waals surface area contributed by atoms with E-state index < -0.39 is 110 Å². The van der Waals surface area contributed by atoms with Gasteiger partial charge < -0.3 is 56.2 Å². The molecule has 354 valence electrons. The summed E-state index contributed by atoms with van der Waals surface area (Å²) in [6.07, 6.45) is -1.68. The van der Waals surface area contributed by atoms with Crippen molar-refractivity contribution in [2.75, 3.05) is 26.2 Å². The molecule has 0 aliphatic carbocycles. The Morgan fingerprint density at radius 3 is 1.41 bits per heavy atom. The largest absolute Gasteiger partial charge is 0.444 e. The molecule has 0 saturated carbocycles. The van der Waals surface area contributed by atoms with Crippen LogP contribution < -0.4 is 37.2 Å². The molecule has 3 atom stereocenters. The lowest BCUT2D eigenvalue weighted by Crippen LogP contribution is -2.61. The quantitative estimate of drug-likeness (QED) is 0.0485. The Kier molecular flexibility index (Phi) is 21.5. The number of carbonyl (C=O) groups is 7. The minimum absolute atomic E-state index is 0.205. The molecule has 7 amide bonds. The van der Waals surface area contributed by atoms with Crippen molar-refractivity contribution in [3.05, 3.63) is 35.4 Å². The van der Waals surface area contributed by atoms with Gasteiger partial charge in [0.15, 0.2) is 0 Å². The van der Waals surface area contributed by atoms with Crippen molar-refractivity contribution < 1.29 is 52.5 Å². The summed E-state index contributed by atoms with van der Waals surface area (Å²) in [7, 11) is -1.55. The maximum Gasteiger partial charge on any atom is 0.408 e. The van der Waals surface area contributed by atoms with Crippen molar-refractivity contribution in [2.45, 2.75) is 163 Å². The van der Waals surface area contributed by atoms with Crippen LogP contribution in [0, 0.1) is 11.5 Å². The number of aryl methyl sites for hydroxylation is 1. The van der Waals surface area contributed by atoms with Gasteiger partial charge in [0.05, 0.1) is 13.1 Å². The average molecular weight is 904 g/mol. The zero-order chi connectivity index (χ0) is 48.4. The molecule has 19 heteroatoms. The molecule has 0 heterocycles. The predicted octanol–water partition coefficient (Wildman–Crippen LogP) is 4.79. The van der Waals surface area contributed by atoms with Gasteiger partial charge in [-0.25, -0.2) is 19.2 Å². The van der Waals surface area contributed by atoms with Crippen LogP contribution in [0.25, 0.3) is 0 Å². The summed E-state index contributed by atoms with van der Waals surface area (Å²) in [6, 6.07) is 3.64. The van der Waals surface area contributed by atoms with Crippen LogP contribution in [0.2, 0.25) is 19.6 Å². The second-order valence-electron chi connectivity index (χ2n) is 19.9. The molecule has 1 aromatic carbocycles. The van der Waals surface area contributed by atoms with Crippen LogP contribution in [0.1, 0.15) is 107 Å². The molecule has 0 fully saturated rings. The Hall–Kier alpha value is -5.51. The zero-order valence-corrected chi connectivity index (χ0v) is 41.0. The van der Waals surface area contributed by atoms with E-state index in [2.05, 4.69) is 68.3 Å². The van der Waals surface area contributed by atoms with Crippen LogP contribution >= 0.6 is 0 Å². The monoisotopic (exact) mass is 904 g/mol. The van der Waals surface area contributed by atoms with Crippen LogP contribution in [-0.4, -0.2) is 117 Å². The van der Waals surface area contributed by atoms with Crippen molar-refractivity contribution in [2.24, 2.45) is 0 Å². The first-order valence-corrected chi connectivity index (χ1v) is 24.6. The van der Waals surface area contributed by atoms with Gasteiger partial charge in [-0.1, -0.05) is 37.7 Å². The van der Waals surface area contributed by atoms with Crippen LogP contribution in [-0.2, 0) is 39.8 Å². The molecule has 18 nitrogen and oxygen atoms in total. The fourth-order valence-electron chi connectivity index (χ4n) is 4.98. The zero-order valence-electron chi connectivity index (χ0n) is 40.0. The minimum atomic E-state index is -1.55. The summed E-state index contributed by atoms with van der Waals surface area (Å²) in [4.78, 5) is 91.9. The Labute approximate surface area is 374 Å². The number of amides is 7. The molecule has 0 bridgehead atoms. The van der Waals surface area contributed by atoms with Crippen LogP contribution in [0.3, 0.4) is 0 Å². The van der Waals surface area contributed by atoms with E-state index in [0.717, 1.165) is 17.5 Å². The Morgan fingerprint density at radius 2 is 0.952 bits per heavy atom. The van der Waals surface area contributed by atoms with E-state index in [9.17, 15) is 33.6 Å². The molecule has 7 N–H and O–H groups in total. The number of rotatable bonds is 17. The van der Waals surface area contributed by atoms with Crippen molar-refractivity contribution in [1.29, 1.82) is 0 Å². The molecule has 0 aliphatic heterocycles. The van der Waals surface area contributed by atoms with Crippen molar-refractivity contribution in [3.8, 4) is 11.5 Å². The maximum atomic E-state index is 13.9. The first-order valence-electron chi connectivity index (χ1n) is 21.1. The lowest BCUT2D eigenvalue weighted by molar-refractivity contribution is -0.130. The second kappa shape index (κ2) is 24.4. The summed E-state index contributed by atoms with van der Waals surface area (Å²) in [5, 5.41) is 17.6. The number of nitrogens with one attached hydrogen (secondary N) is 7. The van der Waals surface area contributed by atoms with Gasteiger partial charge in [-0.05, 0) is 120 Å². The standard InChI is InChI=1S/C44H73N7O11Si/c1-41(2,3)59-37(55)47-27-32(50-39(57)61-43(7,8)9)35(53)46-26-31(34(52)45-23-17-16-19-29-20-18-21-30(25-29)22-24-63(13,14)15)49-36(54)33(51-40(58)62-44(10,11)12)28-48-38(56)60-42(4,5)6/h18,20-21,25,31-33H,16-17,19,23,26-28H2,1-15H3,(H,45,52)(H,46,53)(H,47,55)(H,48,56)(H,49,54)(H,50,57)(H,51,58). The maximum absolute atomic E-state index is 13.9. The van der Waals surface area contributed by atoms with E-state index in [1.165, 1.54) is 0 Å². The normalized spacial score (nSPS) is 13.3. The second-order valence-corrected chi connectivity index (χ2v) is 24.7. The molecule has 3 unspecified atom stereocenters. The van der Waals surface area contributed by atoms with E-state index in [1.54, 1.807) is 83.1 Å². The van der Waals surface area contributed by atoms with E-state index in [4.69, 9.17) is 18.9 Å². The fourth-order valence-corrected chi connectivity index (χ4v) is 5.50. The third kappa shape index (κ3) is 27.9. The topological polar surface area (TPSA) is 241 Å². The van der Waals surface area contributed by atoms with Gasteiger partial charge >= 0.3 is 24.4 Å². The summed E-state index contributed by atoms with van der Waals surface area (Å²) >= 11 is 0. The molecule has 63 heavy (non-hydrogen) atoms. The number of benzene rings is 1. The number of hydrogen-bond donors (Lipinski definition) is 7. The first-order chi connectivity index (χ1) is 28.7. The van der Waals surface area contributed by atoms with Gasteiger partial charge in [0.2, 0.25) is 17.7 Å². The number of carbonyl (C=O) groups excluding carboxylic acids is 7. The van der Waals surface area contributed by atoms with Crippen molar-refractivity contribution in [1.82, 2.24) is 37.2 Å². The van der Waals surface area contributed by atoms with E-state index in [1.807, 2.05) is 24.3 Å². The third-order valence-corrected chi connectivity index (χ3v) is 8.40. The van der Waals surface area contributed by atoms with Crippen LogP contribution in [0.5, 0.6) is 0 Å². The lowest BCUT2D eigenvalue weighted by Gasteiger charge is -2.27. The summed E-state index contributed by atoms with van der Waals surface area (Å²) < 4.78 is 21.2. The molecular weight excluding hydrogens is 831 g/mol. The predicted molar refractivity (Wildman–Crippen MR) is 242 cm³/mol. The Balaban J connectivity index is 3.34. The van der Waals surface area contributed by atoms with Gasteiger partial charge in [0.1, 0.15) is 48.6 Å². The Bertz CT molecular complexity index is 1790. The van der Waals surface area contributed by atoms with Gasteiger partial charge in [-0.15, -0.1) is 5.54 Å². The highest BCUT2D eigenvalue weighted by atomic mass is 28.3. The molecular formula is C44H73N7O11Si. The average Bonchev–Trinajstić information content (AvgIpc) is 3.09. The molecule has 0 aromatic heterocycles. The highest BCUT2D eigenvalue weighted by Gasteiger charge is 2.32. The smallest absolute Gasteiger partial charge is 0.408 e. The van der Waals surface area contributed by atoms with E-state index in [0.29, 0.717) is 12.8 Å². The van der Waals surface area contributed by atoms with Gasteiger partial charge in [-0.3, -0.25) is 14.4 Å². The van der Waals surface area contributed by atoms with Crippen LogP contribution in [0.4, 0.5) is 19.2 Å². The summed E-state index contributed by atoms with van der Waals surface area (Å²) in [5.41, 5.74) is 1.81. The highest BCUT2D eigenvalue weighted by molar-refractivity contribution is 6.83. The van der Waals surface area contributed by atoms with Gasteiger partial charge in [-0.2, -0.15) is 0 Å². The number of unbranched alkanes of at least 4 members (excludes halogenated alkanes) is 1. The molecule has 0 spiro atoms. The number of ether oxygens (including phenoxy) is 4. The molecule has 1 rings (SSSR count). The Morgan fingerprint density at radius 1 is 0.540 bits per heavy atom. The lowest BCUT2D eigenvalue weighted by atomic mass is 10.1. The molecule has 0 aliphatic rings. The minimum Gasteiger partial charge on any atom is -0.444 e. The molecule has 0 radical (unpaired) electrons. The molecule has 0 saturated heterocycles. The van der Waals surface area contributed by atoms with Gasteiger partial charge in [0, 0.05) is 18.7 Å². The molecule has 1 aromatic rings.